The highest BCUT2D eigenvalue weighted by Gasteiger charge is 2.29. The summed E-state index contributed by atoms with van der Waals surface area (Å²) in [6.07, 6.45) is 3.15. The van der Waals surface area contributed by atoms with Crippen molar-refractivity contribution in [2.24, 2.45) is 0 Å². The van der Waals surface area contributed by atoms with Gasteiger partial charge in [0.2, 0.25) is 5.88 Å². The van der Waals surface area contributed by atoms with E-state index in [1.807, 2.05) is 35.2 Å². The summed E-state index contributed by atoms with van der Waals surface area (Å²) in [6.45, 7) is 1.32. The molecule has 8 heteroatoms. The Balaban J connectivity index is 1.30. The van der Waals surface area contributed by atoms with Crippen molar-refractivity contribution in [3.63, 3.8) is 0 Å². The molecule has 1 saturated carbocycles. The van der Waals surface area contributed by atoms with Gasteiger partial charge in [0, 0.05) is 53.7 Å². The Bertz CT molecular complexity index is 1110. The number of pyridine rings is 1. The highest BCUT2D eigenvalue weighted by molar-refractivity contribution is 7.14. The number of ether oxygens (including phenoxy) is 1. The second-order valence-electron chi connectivity index (χ2n) is 8.83. The molecule has 1 saturated heterocycles. The van der Waals surface area contributed by atoms with Crippen LogP contribution in [0.25, 0.3) is 21.6 Å². The lowest BCUT2D eigenvalue weighted by Gasteiger charge is -2.33. The predicted octanol–water partition coefficient (Wildman–Crippen LogP) is 4.48. The van der Waals surface area contributed by atoms with E-state index in [0.29, 0.717) is 49.7 Å². The molecule has 2 aromatic heterocycles. The molecule has 174 valence electrons. The molecule has 3 heterocycles. The van der Waals surface area contributed by atoms with E-state index < -0.39 is 6.23 Å². The van der Waals surface area contributed by atoms with Gasteiger partial charge in [0.15, 0.2) is 0 Å². The van der Waals surface area contributed by atoms with Crippen LogP contribution in [0.15, 0.2) is 48.0 Å². The lowest BCUT2D eigenvalue weighted by atomic mass is 9.92. The van der Waals surface area contributed by atoms with Crippen molar-refractivity contribution >= 4 is 22.9 Å². The van der Waals surface area contributed by atoms with Crippen molar-refractivity contribution < 1.29 is 20.1 Å². The Labute approximate surface area is 202 Å². The number of thiophene rings is 1. The van der Waals surface area contributed by atoms with Gasteiger partial charge < -0.3 is 20.1 Å². The summed E-state index contributed by atoms with van der Waals surface area (Å²) < 4.78 is 5.85. The summed E-state index contributed by atoms with van der Waals surface area (Å²) in [5.74, 6) is 0.568. The molecule has 0 amide bonds. The minimum Gasteiger partial charge on any atom is -0.474 e. The largest absolute Gasteiger partial charge is 0.474 e. The smallest absolute Gasteiger partial charge is 0.214 e. The van der Waals surface area contributed by atoms with Gasteiger partial charge >= 0.3 is 0 Å². The molecular weight excluding hydrogens is 460 g/mol. The summed E-state index contributed by atoms with van der Waals surface area (Å²) in [6, 6.07) is 11.7. The van der Waals surface area contributed by atoms with E-state index in [2.05, 4.69) is 16.4 Å². The highest BCUT2D eigenvalue weighted by atomic mass is 35.5. The van der Waals surface area contributed by atoms with Crippen LogP contribution >= 0.6 is 22.9 Å². The van der Waals surface area contributed by atoms with Gasteiger partial charge in [0.1, 0.15) is 12.3 Å². The number of hydrogen-bond acceptors (Lipinski definition) is 7. The van der Waals surface area contributed by atoms with Crippen molar-refractivity contribution in [3.8, 4) is 27.4 Å². The molecule has 3 N–H and O–H groups in total. The third-order valence-electron chi connectivity index (χ3n) is 6.43. The number of piperidine rings is 1. The summed E-state index contributed by atoms with van der Waals surface area (Å²) in [5, 5.41) is 32.6. The van der Waals surface area contributed by atoms with Crippen LogP contribution in [-0.2, 0) is 0 Å². The van der Waals surface area contributed by atoms with Crippen LogP contribution in [0.3, 0.4) is 0 Å². The zero-order chi connectivity index (χ0) is 22.9. The Morgan fingerprint density at radius 2 is 1.82 bits per heavy atom. The van der Waals surface area contributed by atoms with E-state index in [1.165, 1.54) is 0 Å². The molecule has 1 aliphatic carbocycles. The Morgan fingerprint density at radius 3 is 2.55 bits per heavy atom. The second kappa shape index (κ2) is 9.70. The molecule has 2 fully saturated rings. The van der Waals surface area contributed by atoms with Gasteiger partial charge in [-0.1, -0.05) is 23.7 Å². The Hall–Kier alpha value is -2.00. The number of aliphatic hydroxyl groups excluding tert-OH is 3. The van der Waals surface area contributed by atoms with E-state index in [4.69, 9.17) is 16.3 Å². The zero-order valence-corrected chi connectivity index (χ0v) is 19.7. The number of likely N-dealkylation sites (tertiary alicyclic amines) is 1. The molecule has 0 spiro atoms. The summed E-state index contributed by atoms with van der Waals surface area (Å²) in [7, 11) is 0. The third-order valence-corrected chi connectivity index (χ3v) is 7.70. The van der Waals surface area contributed by atoms with Crippen molar-refractivity contribution in [1.29, 1.82) is 0 Å². The van der Waals surface area contributed by atoms with Crippen LogP contribution < -0.4 is 4.74 Å². The van der Waals surface area contributed by atoms with Gasteiger partial charge in [-0.3, -0.25) is 4.90 Å². The third kappa shape index (κ3) is 5.09. The van der Waals surface area contributed by atoms with Crippen molar-refractivity contribution in [1.82, 2.24) is 9.88 Å². The molecule has 6 nitrogen and oxygen atoms in total. The number of aromatic nitrogens is 1. The topological polar surface area (TPSA) is 86.1 Å². The first kappa shape index (κ1) is 22.8. The molecule has 2 aliphatic rings. The van der Waals surface area contributed by atoms with Crippen LogP contribution in [0.5, 0.6) is 5.88 Å². The SMILES string of the molecule is OC1CCN(C(O)c2ccc(-c3cc(-c4ccnc(OC5CC(O)C5)c4)cs3)c(Cl)c2)CC1. The molecule has 3 aromatic rings. The lowest BCUT2D eigenvalue weighted by Crippen LogP contribution is -2.38. The highest BCUT2D eigenvalue weighted by Crippen LogP contribution is 2.38. The van der Waals surface area contributed by atoms with Gasteiger partial charge in [-0.05, 0) is 53.1 Å². The molecule has 0 bridgehead atoms. The Kier molecular flexibility index (Phi) is 6.69. The fraction of sp³-hybridized carbons (Fsp3) is 0.400. The second-order valence-corrected chi connectivity index (χ2v) is 10.1. The van der Waals surface area contributed by atoms with Gasteiger partial charge in [-0.15, -0.1) is 11.3 Å². The summed E-state index contributed by atoms with van der Waals surface area (Å²) in [4.78, 5) is 7.30. The number of nitrogens with zero attached hydrogens (tertiary/aromatic N) is 2. The van der Waals surface area contributed by atoms with E-state index in [-0.39, 0.29) is 18.3 Å². The monoisotopic (exact) mass is 486 g/mol. The number of aliphatic hydroxyl groups is 3. The molecular formula is C25H27ClN2O4S. The fourth-order valence-electron chi connectivity index (χ4n) is 4.32. The minimum absolute atomic E-state index is 0.0310. The molecule has 33 heavy (non-hydrogen) atoms. The first-order valence-corrected chi connectivity index (χ1v) is 12.5. The number of rotatable bonds is 6. The van der Waals surface area contributed by atoms with Crippen LogP contribution in [-0.4, -0.2) is 56.6 Å². The van der Waals surface area contributed by atoms with E-state index in [9.17, 15) is 15.3 Å². The first-order chi connectivity index (χ1) is 16.0. The number of halogens is 1. The molecule has 1 atom stereocenters. The molecule has 0 radical (unpaired) electrons. The fourth-order valence-corrected chi connectivity index (χ4v) is 5.63. The van der Waals surface area contributed by atoms with E-state index in [1.54, 1.807) is 17.5 Å². The Morgan fingerprint density at radius 1 is 1.03 bits per heavy atom. The van der Waals surface area contributed by atoms with Gasteiger partial charge in [-0.25, -0.2) is 4.98 Å². The number of hydrogen-bond donors (Lipinski definition) is 3. The number of benzene rings is 1. The average molecular weight is 487 g/mol. The molecule has 1 unspecified atom stereocenters. The summed E-state index contributed by atoms with van der Waals surface area (Å²) in [5.41, 5.74) is 3.75. The average Bonchev–Trinajstić information content (AvgIpc) is 3.28. The molecule has 1 aromatic carbocycles. The maximum atomic E-state index is 10.8. The van der Waals surface area contributed by atoms with Crippen LogP contribution in [0.2, 0.25) is 5.02 Å². The van der Waals surface area contributed by atoms with Crippen molar-refractivity contribution in [3.05, 3.63) is 58.6 Å². The lowest BCUT2D eigenvalue weighted by molar-refractivity contribution is -0.0345. The quantitative estimate of drug-likeness (QED) is 0.476. The van der Waals surface area contributed by atoms with Crippen LogP contribution in [0.1, 0.15) is 37.5 Å². The van der Waals surface area contributed by atoms with Crippen LogP contribution in [0.4, 0.5) is 0 Å². The van der Waals surface area contributed by atoms with Gasteiger partial charge in [0.05, 0.1) is 12.2 Å². The van der Waals surface area contributed by atoms with E-state index in [0.717, 1.165) is 27.1 Å². The maximum absolute atomic E-state index is 10.8. The van der Waals surface area contributed by atoms with E-state index >= 15 is 0 Å². The normalized spacial score (nSPS) is 22.7. The van der Waals surface area contributed by atoms with Crippen molar-refractivity contribution in [2.75, 3.05) is 13.1 Å². The van der Waals surface area contributed by atoms with Gasteiger partial charge in [0.25, 0.3) is 0 Å². The van der Waals surface area contributed by atoms with Crippen molar-refractivity contribution in [2.45, 2.75) is 50.2 Å². The van der Waals surface area contributed by atoms with Crippen LogP contribution in [0, 0.1) is 0 Å². The first-order valence-electron chi connectivity index (χ1n) is 11.3. The van der Waals surface area contributed by atoms with Gasteiger partial charge in [-0.2, -0.15) is 0 Å². The molecule has 1 aliphatic heterocycles. The predicted molar refractivity (Wildman–Crippen MR) is 129 cm³/mol. The zero-order valence-electron chi connectivity index (χ0n) is 18.1. The summed E-state index contributed by atoms with van der Waals surface area (Å²) >= 11 is 8.24. The maximum Gasteiger partial charge on any atom is 0.214 e. The molecule has 5 rings (SSSR count). The minimum atomic E-state index is -0.727. The standard InChI is InChI=1S/C25H27ClN2O4S/c26-22-9-16(25(31)28-7-4-18(29)5-8-28)1-2-21(22)23-10-17(14-33-23)15-3-6-27-24(11-15)32-20-12-19(30)13-20/h1-3,6,9-11,14,18-20,25,29-31H,4-5,7-8,12-13H2.